The van der Waals surface area contributed by atoms with Gasteiger partial charge in [-0.1, -0.05) is 30.3 Å². The summed E-state index contributed by atoms with van der Waals surface area (Å²) >= 11 is 0. The van der Waals surface area contributed by atoms with Crippen molar-refractivity contribution in [3.8, 4) is 0 Å². The lowest BCUT2D eigenvalue weighted by atomic mass is 10.2. The summed E-state index contributed by atoms with van der Waals surface area (Å²) in [4.78, 5) is 21.5. The van der Waals surface area contributed by atoms with Gasteiger partial charge >= 0.3 is 11.9 Å². The van der Waals surface area contributed by atoms with Gasteiger partial charge in [0.05, 0.1) is 6.42 Å². The van der Waals surface area contributed by atoms with Crippen LogP contribution in [-0.4, -0.2) is 23.1 Å². The highest BCUT2D eigenvalue weighted by Crippen LogP contribution is 2.02. The minimum absolute atomic E-state index is 0.131. The van der Waals surface area contributed by atoms with Crippen molar-refractivity contribution in [2.45, 2.75) is 19.1 Å². The number of carbonyl (C=O) groups excluding carboxylic acids is 1. The second-order valence-corrected chi connectivity index (χ2v) is 3.30. The molecule has 5 nitrogen and oxygen atoms in total. The molecule has 0 aromatic heterocycles. The van der Waals surface area contributed by atoms with Crippen LogP contribution in [0.3, 0.4) is 0 Å². The van der Waals surface area contributed by atoms with Gasteiger partial charge in [0.25, 0.3) is 0 Å². The highest BCUT2D eigenvalue weighted by Gasteiger charge is 2.17. The van der Waals surface area contributed by atoms with Crippen molar-refractivity contribution in [3.63, 3.8) is 0 Å². The third-order valence-electron chi connectivity index (χ3n) is 1.95. The Morgan fingerprint density at radius 3 is 2.50 bits per heavy atom. The first kappa shape index (κ1) is 12.2. The third-order valence-corrected chi connectivity index (χ3v) is 1.95. The van der Waals surface area contributed by atoms with Crippen LogP contribution in [0.5, 0.6) is 0 Å². The number of hydrogen-bond donors (Lipinski definition) is 2. The van der Waals surface area contributed by atoms with Gasteiger partial charge in [0, 0.05) is 0 Å². The number of carbonyl (C=O) groups is 2. The lowest BCUT2D eigenvalue weighted by molar-refractivity contribution is -0.149. The first-order valence-corrected chi connectivity index (χ1v) is 4.77. The van der Waals surface area contributed by atoms with Crippen molar-refractivity contribution in [3.05, 3.63) is 35.9 Å². The molecule has 0 aliphatic carbocycles. The maximum atomic E-state index is 11.2. The second kappa shape index (κ2) is 5.87. The Morgan fingerprint density at radius 1 is 1.31 bits per heavy atom. The molecule has 3 N–H and O–H groups in total. The fraction of sp³-hybridized carbons (Fsp3) is 0.273. The van der Waals surface area contributed by atoms with E-state index in [4.69, 9.17) is 15.6 Å². The van der Waals surface area contributed by atoms with Gasteiger partial charge in [0.2, 0.25) is 0 Å². The van der Waals surface area contributed by atoms with Crippen molar-refractivity contribution < 1.29 is 19.4 Å². The largest absolute Gasteiger partial charge is 0.480 e. The summed E-state index contributed by atoms with van der Waals surface area (Å²) in [5.74, 6) is -1.82. The van der Waals surface area contributed by atoms with Crippen LogP contribution in [0.25, 0.3) is 0 Å². The maximum absolute atomic E-state index is 11.2. The monoisotopic (exact) mass is 223 g/mol. The van der Waals surface area contributed by atoms with Crippen molar-refractivity contribution in [2.24, 2.45) is 5.73 Å². The molecule has 0 radical (unpaired) electrons. The lowest BCUT2D eigenvalue weighted by Crippen LogP contribution is -2.33. The predicted octanol–water partition coefficient (Wildman–Crippen LogP) is 0.532. The van der Waals surface area contributed by atoms with Gasteiger partial charge in [-0.05, 0) is 5.56 Å². The van der Waals surface area contributed by atoms with Crippen LogP contribution >= 0.6 is 0 Å². The van der Waals surface area contributed by atoms with E-state index in [9.17, 15) is 9.59 Å². The van der Waals surface area contributed by atoms with E-state index < -0.39 is 18.0 Å². The normalized spacial score (nSPS) is 11.8. The Hall–Kier alpha value is -1.88. The Labute approximate surface area is 92.8 Å². The molecule has 0 fully saturated rings. The first-order chi connectivity index (χ1) is 7.59. The second-order valence-electron chi connectivity index (χ2n) is 3.30. The summed E-state index contributed by atoms with van der Waals surface area (Å²) in [6.07, 6.45) is -0.317. The fourth-order valence-corrected chi connectivity index (χ4v) is 1.06. The van der Waals surface area contributed by atoms with E-state index in [2.05, 4.69) is 0 Å². The summed E-state index contributed by atoms with van der Waals surface area (Å²) in [5.41, 5.74) is 6.03. The number of carboxylic acids is 1. The average molecular weight is 223 g/mol. The number of rotatable bonds is 5. The third kappa shape index (κ3) is 4.10. The molecule has 0 saturated heterocycles. The Morgan fingerprint density at radius 2 is 1.94 bits per heavy atom. The number of carboxylic acid groups (broad SMARTS) is 1. The predicted molar refractivity (Wildman–Crippen MR) is 56.5 cm³/mol. The summed E-state index contributed by atoms with van der Waals surface area (Å²) in [6.45, 7) is 0.131. The summed E-state index contributed by atoms with van der Waals surface area (Å²) < 4.78 is 4.87. The molecule has 0 amide bonds. The van der Waals surface area contributed by atoms with E-state index in [0.29, 0.717) is 0 Å². The van der Waals surface area contributed by atoms with Crippen molar-refractivity contribution in [2.75, 3.05) is 0 Å². The molecule has 1 rings (SSSR count). The van der Waals surface area contributed by atoms with Crippen LogP contribution < -0.4 is 5.73 Å². The van der Waals surface area contributed by atoms with Crippen LogP contribution in [-0.2, 0) is 20.9 Å². The minimum Gasteiger partial charge on any atom is -0.480 e. The molecule has 0 bridgehead atoms. The van der Waals surface area contributed by atoms with Gasteiger partial charge in [-0.2, -0.15) is 0 Å². The summed E-state index contributed by atoms with van der Waals surface area (Å²) in [5, 5.41) is 8.48. The zero-order valence-corrected chi connectivity index (χ0v) is 8.63. The SMILES string of the molecule is N[C@@H](CC(=O)OCc1ccccc1)C(=O)O. The van der Waals surface area contributed by atoms with Crippen molar-refractivity contribution in [1.82, 2.24) is 0 Å². The zero-order chi connectivity index (χ0) is 12.0. The number of esters is 1. The number of aliphatic carboxylic acids is 1. The topological polar surface area (TPSA) is 89.6 Å². The van der Waals surface area contributed by atoms with Crippen LogP contribution in [0.15, 0.2) is 30.3 Å². The zero-order valence-electron chi connectivity index (χ0n) is 8.63. The highest BCUT2D eigenvalue weighted by atomic mass is 16.5. The molecule has 0 aliphatic rings. The average Bonchev–Trinajstić information content (AvgIpc) is 2.27. The van der Waals surface area contributed by atoms with Gasteiger partial charge in [0.15, 0.2) is 0 Å². The molecule has 0 spiro atoms. The van der Waals surface area contributed by atoms with Crippen molar-refractivity contribution in [1.29, 1.82) is 0 Å². The molecular weight excluding hydrogens is 210 g/mol. The van der Waals surface area contributed by atoms with Gasteiger partial charge in [-0.15, -0.1) is 0 Å². The van der Waals surface area contributed by atoms with Gasteiger partial charge < -0.3 is 15.6 Å². The quantitative estimate of drug-likeness (QED) is 0.711. The van der Waals surface area contributed by atoms with Crippen LogP contribution in [0.4, 0.5) is 0 Å². The van der Waals surface area contributed by atoms with E-state index in [1.807, 2.05) is 30.3 Å². The molecule has 1 atom stereocenters. The highest BCUT2D eigenvalue weighted by molar-refractivity contribution is 5.81. The molecule has 0 saturated carbocycles. The molecule has 0 unspecified atom stereocenters. The van der Waals surface area contributed by atoms with E-state index in [-0.39, 0.29) is 13.0 Å². The molecule has 0 aliphatic heterocycles. The standard InChI is InChI=1S/C11H13NO4/c12-9(11(14)15)6-10(13)16-7-8-4-2-1-3-5-8/h1-5,9H,6-7,12H2,(H,14,15)/t9-/m0/s1. The molecule has 0 heterocycles. The maximum Gasteiger partial charge on any atom is 0.321 e. The van der Waals surface area contributed by atoms with Gasteiger partial charge in [-0.3, -0.25) is 9.59 Å². The smallest absolute Gasteiger partial charge is 0.321 e. The van der Waals surface area contributed by atoms with E-state index in [0.717, 1.165) is 5.56 Å². The van der Waals surface area contributed by atoms with Crippen molar-refractivity contribution >= 4 is 11.9 Å². The summed E-state index contributed by atoms with van der Waals surface area (Å²) in [6, 6.07) is 7.92. The lowest BCUT2D eigenvalue weighted by Gasteiger charge is -2.07. The molecule has 5 heteroatoms. The fourth-order valence-electron chi connectivity index (χ4n) is 1.06. The molecule has 16 heavy (non-hydrogen) atoms. The van der Waals surface area contributed by atoms with E-state index in [1.54, 1.807) is 0 Å². The Kier molecular flexibility index (Phi) is 4.47. The minimum atomic E-state index is -1.21. The molecule has 1 aromatic carbocycles. The first-order valence-electron chi connectivity index (χ1n) is 4.77. The van der Waals surface area contributed by atoms with Gasteiger partial charge in [-0.25, -0.2) is 0 Å². The summed E-state index contributed by atoms with van der Waals surface area (Å²) in [7, 11) is 0. The van der Waals surface area contributed by atoms with E-state index in [1.165, 1.54) is 0 Å². The number of ether oxygens (including phenoxy) is 1. The van der Waals surface area contributed by atoms with Gasteiger partial charge in [0.1, 0.15) is 12.6 Å². The molecular formula is C11H13NO4. The van der Waals surface area contributed by atoms with Crippen LogP contribution in [0.1, 0.15) is 12.0 Å². The molecule has 1 aromatic rings. The Balaban J connectivity index is 2.33. The number of nitrogens with two attached hydrogens (primary N) is 1. The number of hydrogen-bond acceptors (Lipinski definition) is 4. The number of benzene rings is 1. The Bertz CT molecular complexity index is 364. The van der Waals surface area contributed by atoms with E-state index >= 15 is 0 Å². The van der Waals surface area contributed by atoms with Crippen LogP contribution in [0.2, 0.25) is 0 Å². The molecule has 86 valence electrons. The van der Waals surface area contributed by atoms with Crippen LogP contribution in [0, 0.1) is 0 Å².